The van der Waals surface area contributed by atoms with Crippen molar-refractivity contribution in [1.29, 1.82) is 0 Å². The highest BCUT2D eigenvalue weighted by molar-refractivity contribution is 5.43. The molecule has 2 atom stereocenters. The van der Waals surface area contributed by atoms with Crippen LogP contribution in [0.1, 0.15) is 18.9 Å². The summed E-state index contributed by atoms with van der Waals surface area (Å²) in [6.45, 7) is 6.59. The van der Waals surface area contributed by atoms with Crippen LogP contribution in [0.5, 0.6) is 0 Å². The molecule has 0 heterocycles. The zero-order valence-corrected chi connectivity index (χ0v) is 11.6. The molecule has 2 unspecified atom stereocenters. The van der Waals surface area contributed by atoms with Gasteiger partial charge in [-0.3, -0.25) is 0 Å². The fraction of sp³-hybridized carbons (Fsp3) is 0.467. The molecule has 0 aliphatic heterocycles. The van der Waals surface area contributed by atoms with Crippen molar-refractivity contribution in [3.05, 3.63) is 42.5 Å². The van der Waals surface area contributed by atoms with E-state index in [9.17, 15) is 5.11 Å². The summed E-state index contributed by atoms with van der Waals surface area (Å²) in [6.07, 6.45) is 2.45. The topological polar surface area (TPSA) is 49.5 Å². The quantitative estimate of drug-likeness (QED) is 0.599. The van der Waals surface area contributed by atoms with Crippen LogP contribution in [-0.4, -0.2) is 30.6 Å². The predicted molar refractivity (Wildman–Crippen MR) is 77.3 cm³/mol. The van der Waals surface area contributed by atoms with Gasteiger partial charge in [0.15, 0.2) is 0 Å². The lowest BCUT2D eigenvalue weighted by Crippen LogP contribution is -2.39. The Morgan fingerprint density at radius 3 is 2.61 bits per heavy atom. The largest absolute Gasteiger partial charge is 0.399 e. The molecule has 0 saturated heterocycles. The summed E-state index contributed by atoms with van der Waals surface area (Å²) in [5, 5.41) is 11.0. The van der Waals surface area contributed by atoms with Crippen LogP contribution in [0.25, 0.3) is 0 Å². The van der Waals surface area contributed by atoms with Gasteiger partial charge in [0.1, 0.15) is 0 Å². The molecular formula is C15H24N2O. The monoisotopic (exact) mass is 248 g/mol. The van der Waals surface area contributed by atoms with Gasteiger partial charge in [-0.2, -0.15) is 0 Å². The van der Waals surface area contributed by atoms with Crippen LogP contribution in [0, 0.1) is 5.92 Å². The second-order valence-electron chi connectivity index (χ2n) is 5.01. The minimum Gasteiger partial charge on any atom is -0.399 e. The maximum absolute atomic E-state index is 11.0. The molecule has 0 spiro atoms. The van der Waals surface area contributed by atoms with Crippen molar-refractivity contribution >= 4 is 5.69 Å². The second kappa shape index (κ2) is 6.03. The van der Waals surface area contributed by atoms with Gasteiger partial charge in [-0.15, -0.1) is 6.58 Å². The Kier molecular flexibility index (Phi) is 4.93. The highest BCUT2D eigenvalue weighted by atomic mass is 16.3. The molecule has 3 nitrogen and oxygen atoms in total. The summed E-state index contributed by atoms with van der Waals surface area (Å²) in [4.78, 5) is 2.05. The van der Waals surface area contributed by atoms with E-state index in [1.807, 2.05) is 51.4 Å². The lowest BCUT2D eigenvalue weighted by Gasteiger charge is -2.36. The minimum absolute atomic E-state index is 0.0284. The first-order chi connectivity index (χ1) is 8.43. The summed E-state index contributed by atoms with van der Waals surface area (Å²) >= 11 is 0. The van der Waals surface area contributed by atoms with Crippen LogP contribution in [0.4, 0.5) is 5.69 Å². The second-order valence-corrected chi connectivity index (χ2v) is 5.01. The fourth-order valence-corrected chi connectivity index (χ4v) is 2.30. The van der Waals surface area contributed by atoms with Gasteiger partial charge >= 0.3 is 0 Å². The Balaban J connectivity index is 3.13. The molecular weight excluding hydrogens is 224 g/mol. The molecule has 3 N–H and O–H groups in total. The Labute approximate surface area is 110 Å². The zero-order valence-electron chi connectivity index (χ0n) is 11.6. The van der Waals surface area contributed by atoms with Crippen LogP contribution in [-0.2, 0) is 5.60 Å². The van der Waals surface area contributed by atoms with Gasteiger partial charge in [0.05, 0.1) is 5.60 Å². The van der Waals surface area contributed by atoms with Crippen LogP contribution >= 0.6 is 0 Å². The average Bonchev–Trinajstić information content (AvgIpc) is 2.34. The molecule has 0 fully saturated rings. The predicted octanol–water partition coefficient (Wildman–Crippen LogP) is 2.23. The van der Waals surface area contributed by atoms with Crippen molar-refractivity contribution < 1.29 is 5.11 Å². The van der Waals surface area contributed by atoms with Gasteiger partial charge in [0.2, 0.25) is 0 Å². The van der Waals surface area contributed by atoms with Crippen molar-refractivity contribution in [3.8, 4) is 0 Å². The molecule has 0 amide bonds. The number of nitrogens with zero attached hydrogens (tertiary/aromatic N) is 1. The molecule has 100 valence electrons. The summed E-state index contributed by atoms with van der Waals surface area (Å²) in [6, 6.07) is 7.47. The molecule has 18 heavy (non-hydrogen) atoms. The first-order valence-electron chi connectivity index (χ1n) is 6.29. The Morgan fingerprint density at radius 2 is 2.17 bits per heavy atom. The number of nitrogen functional groups attached to an aromatic ring is 1. The van der Waals surface area contributed by atoms with Crippen molar-refractivity contribution in [2.24, 2.45) is 5.92 Å². The van der Waals surface area contributed by atoms with Gasteiger partial charge in [-0.1, -0.05) is 25.1 Å². The van der Waals surface area contributed by atoms with E-state index in [4.69, 9.17) is 5.73 Å². The number of nitrogens with two attached hydrogens (primary N) is 1. The van der Waals surface area contributed by atoms with Crippen molar-refractivity contribution in [2.75, 3.05) is 26.4 Å². The van der Waals surface area contributed by atoms with E-state index in [1.165, 1.54) is 0 Å². The molecule has 1 aromatic rings. The van der Waals surface area contributed by atoms with E-state index in [2.05, 4.69) is 11.5 Å². The minimum atomic E-state index is -0.915. The van der Waals surface area contributed by atoms with E-state index in [1.54, 1.807) is 0 Å². The van der Waals surface area contributed by atoms with E-state index >= 15 is 0 Å². The fourth-order valence-electron chi connectivity index (χ4n) is 2.30. The normalized spacial score (nSPS) is 16.3. The molecule has 0 aromatic heterocycles. The summed E-state index contributed by atoms with van der Waals surface area (Å²) < 4.78 is 0. The maximum atomic E-state index is 11.0. The molecule has 3 heteroatoms. The van der Waals surface area contributed by atoms with E-state index in [0.29, 0.717) is 12.1 Å². The van der Waals surface area contributed by atoms with Gasteiger partial charge in [0.25, 0.3) is 0 Å². The maximum Gasteiger partial charge on any atom is 0.0969 e. The van der Waals surface area contributed by atoms with Crippen molar-refractivity contribution in [1.82, 2.24) is 4.90 Å². The van der Waals surface area contributed by atoms with Crippen molar-refractivity contribution in [2.45, 2.75) is 18.9 Å². The number of benzene rings is 1. The average molecular weight is 248 g/mol. The van der Waals surface area contributed by atoms with Crippen LogP contribution in [0.2, 0.25) is 0 Å². The smallest absolute Gasteiger partial charge is 0.0969 e. The SMILES string of the molecule is C=CC(CN(C)C)C(O)(CC)c1cccc(N)c1. The Bertz CT molecular complexity index is 403. The molecule has 1 aromatic carbocycles. The lowest BCUT2D eigenvalue weighted by molar-refractivity contribution is -0.0173. The third kappa shape index (κ3) is 3.12. The van der Waals surface area contributed by atoms with Gasteiger partial charge in [-0.25, -0.2) is 0 Å². The van der Waals surface area contributed by atoms with Crippen molar-refractivity contribution in [3.63, 3.8) is 0 Å². The first-order valence-corrected chi connectivity index (χ1v) is 6.29. The molecule has 0 radical (unpaired) electrons. The van der Waals surface area contributed by atoms with E-state index in [-0.39, 0.29) is 5.92 Å². The Hall–Kier alpha value is -1.32. The lowest BCUT2D eigenvalue weighted by atomic mass is 9.79. The number of anilines is 1. The number of aliphatic hydroxyl groups is 1. The van der Waals surface area contributed by atoms with Gasteiger partial charge < -0.3 is 15.7 Å². The number of hydrogen-bond acceptors (Lipinski definition) is 3. The van der Waals surface area contributed by atoms with Crippen LogP contribution in [0.3, 0.4) is 0 Å². The molecule has 0 aliphatic carbocycles. The van der Waals surface area contributed by atoms with E-state index in [0.717, 1.165) is 12.1 Å². The molecule has 1 rings (SSSR count). The first kappa shape index (κ1) is 14.7. The Morgan fingerprint density at radius 1 is 1.50 bits per heavy atom. The highest BCUT2D eigenvalue weighted by Gasteiger charge is 2.35. The standard InChI is InChI=1S/C15H24N2O/c1-5-12(11-17(3)4)15(18,6-2)13-8-7-9-14(16)10-13/h5,7-10,12,18H,1,6,11,16H2,2-4H3. The third-order valence-corrected chi connectivity index (χ3v) is 3.39. The third-order valence-electron chi connectivity index (χ3n) is 3.39. The molecule has 0 bridgehead atoms. The summed E-state index contributed by atoms with van der Waals surface area (Å²) in [5.41, 5.74) is 6.42. The highest BCUT2D eigenvalue weighted by Crippen LogP contribution is 2.35. The molecule has 0 saturated carbocycles. The summed E-state index contributed by atoms with van der Waals surface area (Å²) in [5.74, 6) is -0.0284. The number of hydrogen-bond donors (Lipinski definition) is 2. The van der Waals surface area contributed by atoms with Crippen LogP contribution < -0.4 is 5.73 Å². The van der Waals surface area contributed by atoms with Gasteiger partial charge in [0, 0.05) is 18.2 Å². The molecule has 0 aliphatic rings. The zero-order chi connectivity index (χ0) is 13.8. The van der Waals surface area contributed by atoms with Crippen LogP contribution in [0.15, 0.2) is 36.9 Å². The summed E-state index contributed by atoms with van der Waals surface area (Å²) in [7, 11) is 3.98. The number of rotatable bonds is 6. The van der Waals surface area contributed by atoms with Gasteiger partial charge in [-0.05, 0) is 38.2 Å². The van der Waals surface area contributed by atoms with E-state index < -0.39 is 5.60 Å².